The fourth-order valence-electron chi connectivity index (χ4n) is 4.61. The van der Waals surface area contributed by atoms with Gasteiger partial charge in [-0.2, -0.15) is 0 Å². The van der Waals surface area contributed by atoms with Gasteiger partial charge in [-0.05, 0) is 75.9 Å². The molecule has 2 nitrogen and oxygen atoms in total. The number of esters is 1. The standard InChI is InChI=1S/C29H24O2/c1-20(30)31-24-14-12-22(13-15-24)26-17-18-28-25-10-6-5-9-23(25)19-29(28)27(26)16-11-21-7-3-2-4-8-21/h2-10,12-15,17-18H,11,16,19H2,1H3. The number of hydrogen-bond donors (Lipinski definition) is 0. The zero-order valence-electron chi connectivity index (χ0n) is 17.6. The lowest BCUT2D eigenvalue weighted by atomic mass is 9.88. The third-order valence-corrected chi connectivity index (χ3v) is 6.04. The Hall–Kier alpha value is -3.65. The molecule has 152 valence electrons. The van der Waals surface area contributed by atoms with Crippen molar-refractivity contribution in [1.82, 2.24) is 0 Å². The van der Waals surface area contributed by atoms with E-state index in [-0.39, 0.29) is 5.97 Å². The van der Waals surface area contributed by atoms with Gasteiger partial charge in [0.05, 0.1) is 0 Å². The van der Waals surface area contributed by atoms with E-state index in [1.807, 2.05) is 24.3 Å². The Labute approximate surface area is 183 Å². The van der Waals surface area contributed by atoms with Crippen molar-refractivity contribution >= 4 is 5.97 Å². The molecule has 0 N–H and O–H groups in total. The first-order valence-electron chi connectivity index (χ1n) is 10.7. The quantitative estimate of drug-likeness (QED) is 0.243. The molecule has 4 aromatic rings. The number of hydrogen-bond acceptors (Lipinski definition) is 2. The number of ether oxygens (including phenoxy) is 1. The molecule has 0 amide bonds. The van der Waals surface area contributed by atoms with E-state index in [9.17, 15) is 4.79 Å². The van der Waals surface area contributed by atoms with Crippen LogP contribution in [0.1, 0.15) is 29.2 Å². The Morgan fingerprint density at radius 1 is 0.742 bits per heavy atom. The largest absolute Gasteiger partial charge is 0.427 e. The number of fused-ring (bicyclic) bond motifs is 3. The highest BCUT2D eigenvalue weighted by atomic mass is 16.5. The molecule has 0 aromatic heterocycles. The molecule has 0 saturated heterocycles. The third kappa shape index (κ3) is 3.89. The van der Waals surface area contributed by atoms with Crippen LogP contribution in [0.2, 0.25) is 0 Å². The second kappa shape index (κ2) is 8.23. The Balaban J connectivity index is 1.56. The first kappa shape index (κ1) is 19.3. The van der Waals surface area contributed by atoms with E-state index < -0.39 is 0 Å². The maximum absolute atomic E-state index is 11.3. The summed E-state index contributed by atoms with van der Waals surface area (Å²) in [7, 11) is 0. The van der Waals surface area contributed by atoms with E-state index in [4.69, 9.17) is 4.74 Å². The summed E-state index contributed by atoms with van der Waals surface area (Å²) in [6.07, 6.45) is 2.98. The fraction of sp³-hybridized carbons (Fsp3) is 0.138. The normalized spacial score (nSPS) is 11.6. The van der Waals surface area contributed by atoms with Gasteiger partial charge in [-0.15, -0.1) is 0 Å². The number of carbonyl (C=O) groups is 1. The highest BCUT2D eigenvalue weighted by molar-refractivity contribution is 5.83. The van der Waals surface area contributed by atoms with Crippen molar-refractivity contribution in [3.8, 4) is 28.0 Å². The van der Waals surface area contributed by atoms with Crippen molar-refractivity contribution in [3.05, 3.63) is 113 Å². The van der Waals surface area contributed by atoms with Gasteiger partial charge in [0.1, 0.15) is 5.75 Å². The van der Waals surface area contributed by atoms with Gasteiger partial charge in [0, 0.05) is 6.92 Å². The summed E-state index contributed by atoms with van der Waals surface area (Å²) >= 11 is 0. The van der Waals surface area contributed by atoms with E-state index in [1.54, 1.807) is 0 Å². The lowest BCUT2D eigenvalue weighted by Crippen LogP contribution is -2.02. The smallest absolute Gasteiger partial charge is 0.308 e. The zero-order chi connectivity index (χ0) is 21.2. The summed E-state index contributed by atoms with van der Waals surface area (Å²) in [5.41, 5.74) is 10.7. The lowest BCUT2D eigenvalue weighted by molar-refractivity contribution is -0.131. The van der Waals surface area contributed by atoms with Crippen LogP contribution in [0.3, 0.4) is 0 Å². The Morgan fingerprint density at radius 2 is 1.45 bits per heavy atom. The van der Waals surface area contributed by atoms with Gasteiger partial charge in [0.15, 0.2) is 0 Å². The van der Waals surface area contributed by atoms with Crippen molar-refractivity contribution in [2.75, 3.05) is 0 Å². The molecule has 31 heavy (non-hydrogen) atoms. The summed E-state index contributed by atoms with van der Waals surface area (Å²) in [4.78, 5) is 11.3. The lowest BCUT2D eigenvalue weighted by Gasteiger charge is -2.16. The van der Waals surface area contributed by atoms with Crippen LogP contribution in [0.5, 0.6) is 5.75 Å². The van der Waals surface area contributed by atoms with Gasteiger partial charge in [-0.3, -0.25) is 4.79 Å². The minimum Gasteiger partial charge on any atom is -0.427 e. The van der Waals surface area contributed by atoms with Crippen molar-refractivity contribution in [1.29, 1.82) is 0 Å². The average Bonchev–Trinajstić information content (AvgIpc) is 3.17. The molecule has 5 rings (SSSR count). The molecule has 0 bridgehead atoms. The number of carbonyl (C=O) groups excluding carboxylic acids is 1. The van der Waals surface area contributed by atoms with Crippen LogP contribution in [0.25, 0.3) is 22.3 Å². The number of aryl methyl sites for hydroxylation is 1. The van der Waals surface area contributed by atoms with Crippen molar-refractivity contribution in [3.63, 3.8) is 0 Å². The number of benzene rings is 4. The van der Waals surface area contributed by atoms with Crippen LogP contribution in [0.15, 0.2) is 91.0 Å². The molecule has 1 aliphatic rings. The molecule has 1 aliphatic carbocycles. The van der Waals surface area contributed by atoms with Gasteiger partial charge < -0.3 is 4.74 Å². The molecule has 0 aliphatic heterocycles. The molecule has 0 saturated carbocycles. The molecular formula is C29H24O2. The van der Waals surface area contributed by atoms with Gasteiger partial charge in [0.2, 0.25) is 0 Å². The van der Waals surface area contributed by atoms with E-state index in [0.29, 0.717) is 5.75 Å². The van der Waals surface area contributed by atoms with Crippen LogP contribution >= 0.6 is 0 Å². The summed E-state index contributed by atoms with van der Waals surface area (Å²) in [5, 5.41) is 0. The molecule has 0 heterocycles. The van der Waals surface area contributed by atoms with Crippen molar-refractivity contribution in [2.45, 2.75) is 26.2 Å². The van der Waals surface area contributed by atoms with Crippen LogP contribution in [0.4, 0.5) is 0 Å². The number of rotatable bonds is 5. The maximum Gasteiger partial charge on any atom is 0.308 e. The molecular weight excluding hydrogens is 380 g/mol. The zero-order valence-corrected chi connectivity index (χ0v) is 17.6. The van der Waals surface area contributed by atoms with Crippen LogP contribution < -0.4 is 4.74 Å². The predicted molar refractivity (Wildman–Crippen MR) is 125 cm³/mol. The van der Waals surface area contributed by atoms with E-state index >= 15 is 0 Å². The Bertz CT molecular complexity index is 1240. The molecule has 2 heteroatoms. The van der Waals surface area contributed by atoms with Crippen LogP contribution in [-0.2, 0) is 24.1 Å². The van der Waals surface area contributed by atoms with Gasteiger partial charge >= 0.3 is 5.97 Å². The Morgan fingerprint density at radius 3 is 2.23 bits per heavy atom. The second-order valence-corrected chi connectivity index (χ2v) is 8.06. The van der Waals surface area contributed by atoms with Crippen molar-refractivity contribution in [2.24, 2.45) is 0 Å². The Kier molecular flexibility index (Phi) is 5.13. The summed E-state index contributed by atoms with van der Waals surface area (Å²) in [6, 6.07) is 31.8. The molecule has 0 radical (unpaired) electrons. The van der Waals surface area contributed by atoms with E-state index in [1.165, 1.54) is 45.9 Å². The first-order valence-corrected chi connectivity index (χ1v) is 10.7. The van der Waals surface area contributed by atoms with E-state index in [0.717, 1.165) is 24.8 Å². The summed E-state index contributed by atoms with van der Waals surface area (Å²) in [5.74, 6) is 0.280. The van der Waals surface area contributed by atoms with Crippen LogP contribution in [-0.4, -0.2) is 5.97 Å². The SMILES string of the molecule is CC(=O)Oc1ccc(-c2ccc3c(c2CCc2ccccc2)Cc2ccccc2-3)cc1. The predicted octanol–water partition coefficient (Wildman–Crippen LogP) is 6.64. The summed E-state index contributed by atoms with van der Waals surface area (Å²) < 4.78 is 5.22. The minimum atomic E-state index is -0.299. The van der Waals surface area contributed by atoms with Crippen LogP contribution in [0, 0.1) is 0 Å². The monoisotopic (exact) mass is 404 g/mol. The molecule has 0 fully saturated rings. The average molecular weight is 405 g/mol. The molecule has 0 atom stereocenters. The fourth-order valence-corrected chi connectivity index (χ4v) is 4.61. The third-order valence-electron chi connectivity index (χ3n) is 6.04. The van der Waals surface area contributed by atoms with Gasteiger partial charge in [-0.1, -0.05) is 78.9 Å². The maximum atomic E-state index is 11.3. The highest BCUT2D eigenvalue weighted by Gasteiger charge is 2.23. The van der Waals surface area contributed by atoms with E-state index in [2.05, 4.69) is 66.7 Å². The van der Waals surface area contributed by atoms with Gasteiger partial charge in [0.25, 0.3) is 0 Å². The first-order chi connectivity index (χ1) is 15.2. The van der Waals surface area contributed by atoms with Crippen molar-refractivity contribution < 1.29 is 9.53 Å². The molecule has 4 aromatic carbocycles. The second-order valence-electron chi connectivity index (χ2n) is 8.06. The molecule has 0 spiro atoms. The molecule has 0 unspecified atom stereocenters. The summed E-state index contributed by atoms with van der Waals surface area (Å²) in [6.45, 7) is 1.42. The topological polar surface area (TPSA) is 26.3 Å². The highest BCUT2D eigenvalue weighted by Crippen LogP contribution is 2.42. The minimum absolute atomic E-state index is 0.299. The van der Waals surface area contributed by atoms with Gasteiger partial charge in [-0.25, -0.2) is 0 Å².